The second-order valence-corrected chi connectivity index (χ2v) is 6.23. The van der Waals surface area contributed by atoms with Gasteiger partial charge in [0, 0.05) is 32.6 Å². The molecule has 2 atom stereocenters. The van der Waals surface area contributed by atoms with Gasteiger partial charge in [-0.3, -0.25) is 9.59 Å². The van der Waals surface area contributed by atoms with Gasteiger partial charge in [-0.2, -0.15) is 0 Å². The molecule has 0 aliphatic carbocycles. The Kier molecular flexibility index (Phi) is 6.16. The van der Waals surface area contributed by atoms with Crippen LogP contribution >= 0.6 is 0 Å². The smallest absolute Gasteiger partial charge is 0.251 e. The number of carbonyl (C=O) groups is 2. The average molecular weight is 318 g/mol. The van der Waals surface area contributed by atoms with Crippen LogP contribution in [0.3, 0.4) is 0 Å². The fraction of sp³-hybridized carbons (Fsp3) is 0.556. The summed E-state index contributed by atoms with van der Waals surface area (Å²) >= 11 is 0. The van der Waals surface area contributed by atoms with E-state index in [-0.39, 0.29) is 11.8 Å². The first kappa shape index (κ1) is 17.5. The van der Waals surface area contributed by atoms with Crippen molar-refractivity contribution in [1.29, 1.82) is 0 Å². The van der Waals surface area contributed by atoms with Crippen molar-refractivity contribution in [2.45, 2.75) is 38.7 Å². The van der Waals surface area contributed by atoms with Gasteiger partial charge < -0.3 is 14.9 Å². The van der Waals surface area contributed by atoms with Gasteiger partial charge in [-0.1, -0.05) is 37.3 Å². The Hall–Kier alpha value is -1.88. The minimum atomic E-state index is -0.969. The number of aliphatic hydroxyl groups is 1. The molecule has 1 heterocycles. The predicted octanol–water partition coefficient (Wildman–Crippen LogP) is 1.62. The first-order valence-corrected chi connectivity index (χ1v) is 8.28. The van der Waals surface area contributed by atoms with E-state index in [2.05, 4.69) is 19.1 Å². The number of hydrogen-bond acceptors (Lipinski definition) is 3. The van der Waals surface area contributed by atoms with Crippen LogP contribution in [-0.4, -0.2) is 59.0 Å². The van der Waals surface area contributed by atoms with Crippen molar-refractivity contribution < 1.29 is 14.7 Å². The highest BCUT2D eigenvalue weighted by molar-refractivity contribution is 5.81. The zero-order valence-electron chi connectivity index (χ0n) is 13.9. The van der Waals surface area contributed by atoms with Gasteiger partial charge in [0.1, 0.15) is 6.10 Å². The molecule has 1 aliphatic rings. The summed E-state index contributed by atoms with van der Waals surface area (Å²) in [5.41, 5.74) is 1.26. The van der Waals surface area contributed by atoms with Crippen molar-refractivity contribution in [1.82, 2.24) is 9.80 Å². The number of piperazine rings is 1. The summed E-state index contributed by atoms with van der Waals surface area (Å²) < 4.78 is 0. The van der Waals surface area contributed by atoms with Gasteiger partial charge in [0.05, 0.1) is 0 Å². The maximum absolute atomic E-state index is 12.3. The van der Waals surface area contributed by atoms with Gasteiger partial charge in [-0.15, -0.1) is 0 Å². The zero-order chi connectivity index (χ0) is 16.8. The van der Waals surface area contributed by atoms with E-state index in [9.17, 15) is 14.7 Å². The second kappa shape index (κ2) is 8.11. The van der Waals surface area contributed by atoms with Crippen LogP contribution in [0.2, 0.25) is 0 Å². The summed E-state index contributed by atoms with van der Waals surface area (Å²) in [4.78, 5) is 27.5. The van der Waals surface area contributed by atoms with Crippen molar-refractivity contribution in [2.75, 3.05) is 26.2 Å². The van der Waals surface area contributed by atoms with E-state index in [1.807, 2.05) is 23.1 Å². The molecule has 0 radical (unpaired) electrons. The fourth-order valence-electron chi connectivity index (χ4n) is 2.89. The van der Waals surface area contributed by atoms with Crippen LogP contribution in [0.5, 0.6) is 0 Å². The molecule has 2 rings (SSSR count). The van der Waals surface area contributed by atoms with Crippen molar-refractivity contribution in [3.05, 3.63) is 35.9 Å². The molecule has 1 fully saturated rings. The van der Waals surface area contributed by atoms with Crippen LogP contribution in [0, 0.1) is 0 Å². The molecule has 1 aromatic carbocycles. The number of hydrogen-bond donors (Lipinski definition) is 1. The van der Waals surface area contributed by atoms with E-state index in [4.69, 9.17) is 0 Å². The fourth-order valence-corrected chi connectivity index (χ4v) is 2.89. The summed E-state index contributed by atoms with van der Waals surface area (Å²) in [5, 5.41) is 9.33. The zero-order valence-corrected chi connectivity index (χ0v) is 13.9. The number of aliphatic hydroxyl groups excluding tert-OH is 1. The third-order valence-electron chi connectivity index (χ3n) is 4.46. The summed E-state index contributed by atoms with van der Waals surface area (Å²) in [5.74, 6) is 0.255. The molecule has 0 saturated carbocycles. The third kappa shape index (κ3) is 4.79. The molecule has 2 unspecified atom stereocenters. The third-order valence-corrected chi connectivity index (χ3v) is 4.46. The topological polar surface area (TPSA) is 60.9 Å². The molecule has 23 heavy (non-hydrogen) atoms. The van der Waals surface area contributed by atoms with Crippen LogP contribution in [0.15, 0.2) is 30.3 Å². The maximum Gasteiger partial charge on any atom is 0.251 e. The van der Waals surface area contributed by atoms with Gasteiger partial charge in [0.2, 0.25) is 5.91 Å². The minimum Gasteiger partial charge on any atom is -0.384 e. The lowest BCUT2D eigenvalue weighted by atomic mass is 9.96. The molecule has 1 N–H and O–H groups in total. The molecule has 1 saturated heterocycles. The van der Waals surface area contributed by atoms with Gasteiger partial charge in [-0.05, 0) is 24.8 Å². The first-order chi connectivity index (χ1) is 11.0. The largest absolute Gasteiger partial charge is 0.384 e. The Morgan fingerprint density at radius 3 is 2.17 bits per heavy atom. The van der Waals surface area contributed by atoms with Gasteiger partial charge in [0.25, 0.3) is 5.91 Å². The van der Waals surface area contributed by atoms with E-state index in [0.29, 0.717) is 38.5 Å². The number of benzene rings is 1. The highest BCUT2D eigenvalue weighted by atomic mass is 16.3. The maximum atomic E-state index is 12.3. The lowest BCUT2D eigenvalue weighted by molar-refractivity contribution is -0.144. The van der Waals surface area contributed by atoms with Crippen LogP contribution in [0.4, 0.5) is 0 Å². The average Bonchev–Trinajstić information content (AvgIpc) is 2.59. The Labute approximate surface area is 137 Å². The SMILES string of the molecule is CC(O)C(=O)N1CCN(C(=O)CCC(C)c2ccccc2)CC1. The molecule has 5 nitrogen and oxygen atoms in total. The lowest BCUT2D eigenvalue weighted by Gasteiger charge is -2.35. The molecule has 0 spiro atoms. The monoisotopic (exact) mass is 318 g/mol. The molecule has 126 valence electrons. The molecule has 0 aromatic heterocycles. The predicted molar refractivity (Wildman–Crippen MR) is 88.9 cm³/mol. The minimum absolute atomic E-state index is 0.150. The molecule has 2 amide bonds. The molecule has 5 heteroatoms. The van der Waals surface area contributed by atoms with Crippen LogP contribution in [0.25, 0.3) is 0 Å². The number of nitrogens with zero attached hydrogens (tertiary/aromatic N) is 2. The molecular weight excluding hydrogens is 292 g/mol. The summed E-state index contributed by atoms with van der Waals surface area (Å²) in [6, 6.07) is 10.2. The first-order valence-electron chi connectivity index (χ1n) is 8.28. The summed E-state index contributed by atoms with van der Waals surface area (Å²) in [6.45, 7) is 5.73. The Morgan fingerprint density at radius 1 is 1.04 bits per heavy atom. The van der Waals surface area contributed by atoms with Crippen LogP contribution in [-0.2, 0) is 9.59 Å². The normalized spacial score (nSPS) is 17.7. The number of rotatable bonds is 5. The van der Waals surface area contributed by atoms with Gasteiger partial charge >= 0.3 is 0 Å². The van der Waals surface area contributed by atoms with Crippen LogP contribution in [0.1, 0.15) is 38.2 Å². The highest BCUT2D eigenvalue weighted by Gasteiger charge is 2.26. The van der Waals surface area contributed by atoms with Crippen molar-refractivity contribution >= 4 is 11.8 Å². The molecule has 1 aliphatic heterocycles. The standard InChI is InChI=1S/C18H26N2O3/c1-14(16-6-4-3-5-7-16)8-9-17(22)19-10-12-20(13-11-19)18(23)15(2)21/h3-7,14-15,21H,8-13H2,1-2H3. The summed E-state index contributed by atoms with van der Waals surface area (Å²) in [6.07, 6.45) is 0.389. The quantitative estimate of drug-likeness (QED) is 0.897. The Morgan fingerprint density at radius 2 is 1.61 bits per heavy atom. The number of carbonyl (C=O) groups excluding carboxylic acids is 2. The Balaban J connectivity index is 1.76. The molecule has 0 bridgehead atoms. The van der Waals surface area contributed by atoms with E-state index in [1.165, 1.54) is 12.5 Å². The van der Waals surface area contributed by atoms with Gasteiger partial charge in [0.15, 0.2) is 0 Å². The van der Waals surface area contributed by atoms with Crippen molar-refractivity contribution in [3.8, 4) is 0 Å². The van der Waals surface area contributed by atoms with E-state index in [0.717, 1.165) is 6.42 Å². The molecule has 1 aromatic rings. The van der Waals surface area contributed by atoms with Gasteiger partial charge in [-0.25, -0.2) is 0 Å². The van der Waals surface area contributed by atoms with Crippen LogP contribution < -0.4 is 0 Å². The molecular formula is C18H26N2O3. The van der Waals surface area contributed by atoms with E-state index >= 15 is 0 Å². The van der Waals surface area contributed by atoms with Crippen molar-refractivity contribution in [3.63, 3.8) is 0 Å². The van der Waals surface area contributed by atoms with Crippen molar-refractivity contribution in [2.24, 2.45) is 0 Å². The second-order valence-electron chi connectivity index (χ2n) is 6.23. The summed E-state index contributed by atoms with van der Waals surface area (Å²) in [7, 11) is 0. The number of amides is 2. The lowest BCUT2D eigenvalue weighted by Crippen LogP contribution is -2.52. The van der Waals surface area contributed by atoms with E-state index in [1.54, 1.807) is 4.90 Å². The Bertz CT molecular complexity index is 522. The van der Waals surface area contributed by atoms with E-state index < -0.39 is 6.10 Å². The highest BCUT2D eigenvalue weighted by Crippen LogP contribution is 2.20.